The van der Waals surface area contributed by atoms with E-state index in [1.165, 1.54) is 122 Å². The van der Waals surface area contributed by atoms with E-state index in [2.05, 4.69) is 68.5 Å². The first-order valence-electron chi connectivity index (χ1n) is 26.8. The molecule has 4 N–H and O–H groups in total. The summed E-state index contributed by atoms with van der Waals surface area (Å²) < 4.78 is 54.2. The molecule has 13 heteroatoms. The van der Waals surface area contributed by atoms with Crippen molar-refractivity contribution in [2.75, 3.05) is 19.0 Å². The van der Waals surface area contributed by atoms with Gasteiger partial charge in [-0.1, -0.05) is 190 Å². The molecular formula is C55H96O12S. The molecule has 1 saturated heterocycles. The molecule has 0 aromatic rings. The van der Waals surface area contributed by atoms with Gasteiger partial charge in [-0.25, -0.2) is 0 Å². The van der Waals surface area contributed by atoms with E-state index in [-0.39, 0.29) is 19.4 Å². The van der Waals surface area contributed by atoms with Crippen molar-refractivity contribution in [3.8, 4) is 0 Å². The molecule has 394 valence electrons. The smallest absolute Gasteiger partial charge is 0.306 e. The Morgan fingerprint density at radius 3 is 1.37 bits per heavy atom. The number of hydrogen-bond acceptors (Lipinski definition) is 11. The monoisotopic (exact) mass is 981 g/mol. The number of aliphatic hydroxyl groups excluding tert-OH is 3. The van der Waals surface area contributed by atoms with E-state index < -0.39 is 71.2 Å². The predicted octanol–water partition coefficient (Wildman–Crippen LogP) is 12.5. The highest BCUT2D eigenvalue weighted by atomic mass is 32.2. The van der Waals surface area contributed by atoms with Gasteiger partial charge in [0, 0.05) is 12.8 Å². The van der Waals surface area contributed by atoms with Crippen molar-refractivity contribution in [2.24, 2.45) is 0 Å². The van der Waals surface area contributed by atoms with E-state index in [9.17, 15) is 37.9 Å². The molecule has 12 nitrogen and oxygen atoms in total. The molecule has 2 unspecified atom stereocenters. The van der Waals surface area contributed by atoms with Gasteiger partial charge in [0.1, 0.15) is 36.8 Å². The maximum atomic E-state index is 12.9. The number of allylic oxidation sites excluding steroid dienone is 10. The molecule has 0 saturated carbocycles. The van der Waals surface area contributed by atoms with Crippen molar-refractivity contribution in [1.82, 2.24) is 0 Å². The van der Waals surface area contributed by atoms with Crippen LogP contribution in [0.3, 0.4) is 0 Å². The molecule has 1 aliphatic heterocycles. The highest BCUT2D eigenvalue weighted by molar-refractivity contribution is 7.85. The molecule has 0 bridgehead atoms. The predicted molar refractivity (Wildman–Crippen MR) is 275 cm³/mol. The van der Waals surface area contributed by atoms with Crippen molar-refractivity contribution >= 4 is 22.1 Å². The Kier molecular flexibility index (Phi) is 41.3. The number of carbonyl (C=O) groups is 2. The fourth-order valence-electron chi connectivity index (χ4n) is 7.90. The molecule has 1 rings (SSSR count). The molecule has 0 amide bonds. The van der Waals surface area contributed by atoms with Crippen LogP contribution in [0.5, 0.6) is 0 Å². The number of hydrogen-bond donors (Lipinski definition) is 4. The Balaban J connectivity index is 2.41. The number of unbranched alkanes of at least 4 members (excludes halogenated alkanes) is 23. The van der Waals surface area contributed by atoms with E-state index >= 15 is 0 Å². The second kappa shape index (κ2) is 44.3. The van der Waals surface area contributed by atoms with Crippen molar-refractivity contribution in [3.05, 3.63) is 60.8 Å². The van der Waals surface area contributed by atoms with Crippen LogP contribution in [0.25, 0.3) is 0 Å². The summed E-state index contributed by atoms with van der Waals surface area (Å²) in [5.41, 5.74) is 0. The van der Waals surface area contributed by atoms with Crippen molar-refractivity contribution in [3.63, 3.8) is 0 Å². The molecule has 1 aliphatic rings. The normalized spacial score (nSPS) is 19.6. The molecule has 0 aromatic heterocycles. The zero-order chi connectivity index (χ0) is 49.8. The maximum Gasteiger partial charge on any atom is 0.306 e. The zero-order valence-electron chi connectivity index (χ0n) is 42.4. The van der Waals surface area contributed by atoms with Gasteiger partial charge in [-0.2, -0.15) is 8.42 Å². The summed E-state index contributed by atoms with van der Waals surface area (Å²) >= 11 is 0. The van der Waals surface area contributed by atoms with Crippen LogP contribution in [0.1, 0.15) is 219 Å². The SMILES string of the molecule is CCCCCCCC/C=C/CCCCCCCCCCCC(=O)O[C@H](COC(=O)CCC/C=C/C/C=C/C/C=C/C/C=C/CCCCCCCCC)CO[C@H]1O[C@H](CS(=O)(=O)O)[C@@H](O)C(O)C1O. The van der Waals surface area contributed by atoms with Crippen molar-refractivity contribution < 1.29 is 56.8 Å². The Morgan fingerprint density at radius 1 is 0.500 bits per heavy atom. The van der Waals surface area contributed by atoms with Crippen molar-refractivity contribution in [2.45, 2.75) is 256 Å². The highest BCUT2D eigenvalue weighted by Gasteiger charge is 2.46. The van der Waals surface area contributed by atoms with Crippen LogP contribution in [0.4, 0.5) is 0 Å². The average molecular weight is 981 g/mol. The Morgan fingerprint density at radius 2 is 0.897 bits per heavy atom. The molecular weight excluding hydrogens is 885 g/mol. The minimum atomic E-state index is -4.61. The van der Waals surface area contributed by atoms with Gasteiger partial charge in [-0.3, -0.25) is 14.1 Å². The van der Waals surface area contributed by atoms with E-state index in [1.54, 1.807) is 0 Å². The van der Waals surface area contributed by atoms with Gasteiger partial charge in [-0.15, -0.1) is 0 Å². The lowest BCUT2D eigenvalue weighted by atomic mass is 10.00. The number of aliphatic hydroxyl groups is 3. The van der Waals surface area contributed by atoms with Crippen LogP contribution in [0.15, 0.2) is 60.8 Å². The van der Waals surface area contributed by atoms with E-state index in [0.717, 1.165) is 51.4 Å². The van der Waals surface area contributed by atoms with Crippen LogP contribution in [0, 0.1) is 0 Å². The quantitative estimate of drug-likeness (QED) is 0.0196. The average Bonchev–Trinajstić information content (AvgIpc) is 3.31. The summed E-state index contributed by atoms with van der Waals surface area (Å²) in [4.78, 5) is 25.5. The van der Waals surface area contributed by atoms with Gasteiger partial charge >= 0.3 is 11.9 Å². The fraction of sp³-hybridized carbons (Fsp3) is 0.782. The molecule has 0 spiro atoms. The molecule has 0 radical (unpaired) electrons. The van der Waals surface area contributed by atoms with Crippen LogP contribution >= 0.6 is 0 Å². The van der Waals surface area contributed by atoms with Crippen LogP contribution in [-0.2, 0) is 38.7 Å². The Labute approximate surface area is 413 Å². The Hall–Kier alpha value is -2.65. The first-order chi connectivity index (χ1) is 33.0. The fourth-order valence-corrected chi connectivity index (χ4v) is 8.59. The topological polar surface area (TPSA) is 186 Å². The summed E-state index contributed by atoms with van der Waals surface area (Å²) in [5.74, 6) is -2.06. The third-order valence-electron chi connectivity index (χ3n) is 12.1. The van der Waals surface area contributed by atoms with Gasteiger partial charge in [0.05, 0.1) is 6.61 Å². The summed E-state index contributed by atoms with van der Waals surface area (Å²) in [7, 11) is -4.61. The lowest BCUT2D eigenvalue weighted by Gasteiger charge is -2.40. The first kappa shape index (κ1) is 63.4. The third-order valence-corrected chi connectivity index (χ3v) is 12.8. The lowest BCUT2D eigenvalue weighted by Crippen LogP contribution is -2.60. The number of carbonyl (C=O) groups excluding carboxylic acids is 2. The third kappa shape index (κ3) is 38.1. The molecule has 1 fully saturated rings. The molecule has 0 aliphatic carbocycles. The van der Waals surface area contributed by atoms with Crippen LogP contribution in [-0.4, -0.2) is 96.0 Å². The standard InChI is InChI=1S/C55H96O12S/c1-3-5-7-9-11-13-15-17-19-21-23-24-26-27-29-31-33-35-37-39-41-43-50(56)64-45-48(46-65-55-54(60)53(59)52(58)49(67-55)47-68(61,62)63)66-51(57)44-42-40-38-36-34-32-30-28-25-22-20-18-16-14-12-10-8-6-4-2/h18-21,24,26,29,31,35,37,48-49,52-55,58-60H,3-17,22-23,25,27-28,30,32-34,36,38-47H2,1-2H3,(H,61,62,63)/b20-18+,21-19+,26-24+,31-29+,37-35+/t48-,49-,52-,53?,54?,55+/m1/s1. The highest BCUT2D eigenvalue weighted by Crippen LogP contribution is 2.24. The van der Waals surface area contributed by atoms with Gasteiger partial charge in [0.25, 0.3) is 10.1 Å². The summed E-state index contributed by atoms with van der Waals surface area (Å²) in [6, 6.07) is 0. The van der Waals surface area contributed by atoms with Crippen LogP contribution < -0.4 is 0 Å². The maximum absolute atomic E-state index is 12.9. The van der Waals surface area contributed by atoms with Gasteiger partial charge in [0.2, 0.25) is 0 Å². The number of ether oxygens (including phenoxy) is 4. The molecule has 1 heterocycles. The zero-order valence-corrected chi connectivity index (χ0v) is 43.3. The minimum absolute atomic E-state index is 0.141. The van der Waals surface area contributed by atoms with Gasteiger partial charge in [-0.05, 0) is 77.0 Å². The van der Waals surface area contributed by atoms with E-state index in [4.69, 9.17) is 18.9 Å². The van der Waals surface area contributed by atoms with Gasteiger partial charge < -0.3 is 34.3 Å². The molecule has 0 aromatic carbocycles. The summed E-state index contributed by atoms with van der Waals surface area (Å²) in [6.07, 6.45) is 46.9. The van der Waals surface area contributed by atoms with Gasteiger partial charge in [0.15, 0.2) is 12.4 Å². The number of esters is 2. The minimum Gasteiger partial charge on any atom is -0.462 e. The second-order valence-corrected chi connectivity index (χ2v) is 20.0. The first-order valence-corrected chi connectivity index (χ1v) is 28.5. The molecule has 6 atom stereocenters. The van der Waals surface area contributed by atoms with Crippen LogP contribution in [0.2, 0.25) is 0 Å². The van der Waals surface area contributed by atoms with E-state index in [0.29, 0.717) is 19.3 Å². The lowest BCUT2D eigenvalue weighted by molar-refractivity contribution is -0.297. The summed E-state index contributed by atoms with van der Waals surface area (Å²) in [5, 5.41) is 31.0. The Bertz CT molecular complexity index is 1470. The molecule has 68 heavy (non-hydrogen) atoms. The van der Waals surface area contributed by atoms with Crippen molar-refractivity contribution in [1.29, 1.82) is 0 Å². The summed E-state index contributed by atoms with van der Waals surface area (Å²) in [6.45, 7) is 3.73. The number of rotatable bonds is 45. The largest absolute Gasteiger partial charge is 0.462 e. The second-order valence-electron chi connectivity index (χ2n) is 18.5. The van der Waals surface area contributed by atoms with E-state index in [1.807, 2.05) is 6.08 Å².